The Morgan fingerprint density at radius 2 is 1.88 bits per heavy atom. The Labute approximate surface area is 156 Å². The molecule has 0 spiro atoms. The van der Waals surface area contributed by atoms with Crippen molar-refractivity contribution in [2.75, 3.05) is 13.3 Å². The largest absolute Gasteiger partial charge is 0.359 e. The van der Waals surface area contributed by atoms with Crippen LogP contribution in [0, 0.1) is 11.3 Å². The van der Waals surface area contributed by atoms with E-state index in [9.17, 15) is 4.79 Å². The van der Waals surface area contributed by atoms with Crippen LogP contribution in [0.2, 0.25) is 0 Å². The number of nitriles is 1. The Bertz CT molecular complexity index is 953. The molecule has 6 heteroatoms. The zero-order valence-corrected chi connectivity index (χ0v) is 15.4. The van der Waals surface area contributed by atoms with E-state index in [0.717, 1.165) is 16.9 Å². The topological polar surface area (TPSA) is 70.7 Å². The van der Waals surface area contributed by atoms with Crippen LogP contribution in [0.25, 0.3) is 16.9 Å². The molecule has 0 saturated carbocycles. The molecule has 3 rings (SSSR count). The Hall–Kier alpha value is -3.04. The molecule has 2 aromatic carbocycles. The standard InChI is InChI=1S/C20H18N4OS/c1-22-20(25)12-16-11-19(15-5-9-18(26-2)10-6-15)24(23-16)17-7-3-14(13-21)4-8-17/h3-11H,12H2,1-2H3,(H,22,25). The fourth-order valence-electron chi connectivity index (χ4n) is 2.61. The zero-order valence-electron chi connectivity index (χ0n) is 14.6. The van der Waals surface area contributed by atoms with Gasteiger partial charge in [0, 0.05) is 17.5 Å². The third-order valence-electron chi connectivity index (χ3n) is 4.01. The molecule has 0 atom stereocenters. The van der Waals surface area contributed by atoms with Crippen LogP contribution in [-0.4, -0.2) is 29.0 Å². The second-order valence-corrected chi connectivity index (χ2v) is 6.55. The maximum absolute atomic E-state index is 11.7. The van der Waals surface area contributed by atoms with Gasteiger partial charge < -0.3 is 5.32 Å². The van der Waals surface area contributed by atoms with Crippen LogP contribution in [0.1, 0.15) is 11.3 Å². The molecule has 1 heterocycles. The lowest BCUT2D eigenvalue weighted by Crippen LogP contribution is -2.20. The summed E-state index contributed by atoms with van der Waals surface area (Å²) in [5.74, 6) is -0.0845. The Balaban J connectivity index is 2.07. The van der Waals surface area contributed by atoms with Gasteiger partial charge in [-0.15, -0.1) is 11.8 Å². The third-order valence-corrected chi connectivity index (χ3v) is 4.75. The number of carbonyl (C=O) groups is 1. The Kier molecular flexibility index (Phi) is 5.40. The molecule has 0 unspecified atom stereocenters. The van der Waals surface area contributed by atoms with Crippen LogP contribution in [0.4, 0.5) is 0 Å². The molecule has 0 bridgehead atoms. The molecule has 0 radical (unpaired) electrons. The predicted octanol–water partition coefficient (Wildman–Crippen LogP) is 3.42. The van der Waals surface area contributed by atoms with Gasteiger partial charge >= 0.3 is 0 Å². The lowest BCUT2D eigenvalue weighted by Gasteiger charge is -2.08. The minimum Gasteiger partial charge on any atom is -0.359 e. The van der Waals surface area contributed by atoms with E-state index in [4.69, 9.17) is 5.26 Å². The van der Waals surface area contributed by atoms with Gasteiger partial charge in [-0.2, -0.15) is 10.4 Å². The van der Waals surface area contributed by atoms with E-state index < -0.39 is 0 Å². The van der Waals surface area contributed by atoms with E-state index in [2.05, 4.69) is 28.6 Å². The van der Waals surface area contributed by atoms with Crippen molar-refractivity contribution < 1.29 is 4.79 Å². The number of hydrogen-bond donors (Lipinski definition) is 1. The van der Waals surface area contributed by atoms with Gasteiger partial charge in [-0.1, -0.05) is 12.1 Å². The van der Waals surface area contributed by atoms with E-state index >= 15 is 0 Å². The molecule has 1 N–H and O–H groups in total. The average Bonchev–Trinajstić information content (AvgIpc) is 3.11. The second-order valence-electron chi connectivity index (χ2n) is 5.67. The lowest BCUT2D eigenvalue weighted by molar-refractivity contribution is -0.120. The minimum atomic E-state index is -0.0845. The normalized spacial score (nSPS) is 10.3. The smallest absolute Gasteiger partial charge is 0.225 e. The summed E-state index contributed by atoms with van der Waals surface area (Å²) in [4.78, 5) is 12.9. The van der Waals surface area contributed by atoms with Crippen LogP contribution in [0.5, 0.6) is 0 Å². The van der Waals surface area contributed by atoms with Crippen LogP contribution < -0.4 is 5.32 Å². The molecule has 0 aliphatic rings. The van der Waals surface area contributed by atoms with Crippen molar-refractivity contribution in [3.05, 3.63) is 65.9 Å². The van der Waals surface area contributed by atoms with E-state index in [-0.39, 0.29) is 12.3 Å². The number of amides is 1. The zero-order chi connectivity index (χ0) is 18.5. The fraction of sp³-hybridized carbons (Fsp3) is 0.150. The first kappa shape index (κ1) is 17.8. The maximum Gasteiger partial charge on any atom is 0.225 e. The molecule has 130 valence electrons. The van der Waals surface area contributed by atoms with E-state index in [0.29, 0.717) is 11.3 Å². The Morgan fingerprint density at radius 1 is 1.19 bits per heavy atom. The van der Waals surface area contributed by atoms with Crippen LogP contribution in [0.3, 0.4) is 0 Å². The summed E-state index contributed by atoms with van der Waals surface area (Å²) in [6.07, 6.45) is 2.26. The summed E-state index contributed by atoms with van der Waals surface area (Å²) >= 11 is 1.69. The predicted molar refractivity (Wildman–Crippen MR) is 103 cm³/mol. The molecule has 3 aromatic rings. The minimum absolute atomic E-state index is 0.0845. The quantitative estimate of drug-likeness (QED) is 0.706. The summed E-state index contributed by atoms with van der Waals surface area (Å²) in [6.45, 7) is 0. The molecule has 0 saturated heterocycles. The van der Waals surface area contributed by atoms with Crippen molar-refractivity contribution in [1.29, 1.82) is 5.26 Å². The van der Waals surface area contributed by atoms with Gasteiger partial charge in [0.15, 0.2) is 0 Å². The summed E-state index contributed by atoms with van der Waals surface area (Å²) in [7, 11) is 1.61. The number of hydrogen-bond acceptors (Lipinski definition) is 4. The molecule has 0 aliphatic heterocycles. The molecular formula is C20H18N4OS. The summed E-state index contributed by atoms with van der Waals surface area (Å²) in [5.41, 5.74) is 4.05. The van der Waals surface area contributed by atoms with E-state index in [1.165, 1.54) is 4.90 Å². The van der Waals surface area contributed by atoms with Gasteiger partial charge in [0.1, 0.15) is 0 Å². The highest BCUT2D eigenvalue weighted by molar-refractivity contribution is 7.98. The fourth-order valence-corrected chi connectivity index (χ4v) is 3.02. The van der Waals surface area contributed by atoms with Crippen molar-refractivity contribution in [2.24, 2.45) is 0 Å². The van der Waals surface area contributed by atoms with E-state index in [1.54, 1.807) is 30.9 Å². The van der Waals surface area contributed by atoms with Crippen LogP contribution in [-0.2, 0) is 11.2 Å². The molecule has 5 nitrogen and oxygen atoms in total. The van der Waals surface area contributed by atoms with Crippen LogP contribution >= 0.6 is 11.8 Å². The number of aromatic nitrogens is 2. The first-order valence-corrected chi connectivity index (χ1v) is 9.31. The van der Waals surface area contributed by atoms with Gasteiger partial charge in [0.25, 0.3) is 0 Å². The number of benzene rings is 2. The number of nitrogens with zero attached hydrogens (tertiary/aromatic N) is 3. The summed E-state index contributed by atoms with van der Waals surface area (Å²) in [5, 5.41) is 16.2. The maximum atomic E-state index is 11.7. The molecular weight excluding hydrogens is 344 g/mol. The van der Waals surface area contributed by atoms with Gasteiger partial charge in [0.05, 0.1) is 35.1 Å². The first-order valence-electron chi connectivity index (χ1n) is 8.09. The van der Waals surface area contributed by atoms with Gasteiger partial charge in [0.2, 0.25) is 5.91 Å². The molecule has 0 fully saturated rings. The SMILES string of the molecule is CNC(=O)Cc1cc(-c2ccc(SC)cc2)n(-c2ccc(C#N)cc2)n1. The highest BCUT2D eigenvalue weighted by atomic mass is 32.2. The first-order chi connectivity index (χ1) is 12.6. The Morgan fingerprint density at radius 3 is 2.46 bits per heavy atom. The number of rotatable bonds is 5. The number of carbonyl (C=O) groups excluding carboxylic acids is 1. The molecule has 0 aliphatic carbocycles. The van der Waals surface area contributed by atoms with Crippen molar-refractivity contribution in [1.82, 2.24) is 15.1 Å². The van der Waals surface area contributed by atoms with Crippen LogP contribution in [0.15, 0.2) is 59.5 Å². The monoisotopic (exact) mass is 362 g/mol. The van der Waals surface area contributed by atoms with E-state index in [1.807, 2.05) is 41.3 Å². The summed E-state index contributed by atoms with van der Waals surface area (Å²) < 4.78 is 1.81. The molecule has 26 heavy (non-hydrogen) atoms. The van der Waals surface area contributed by atoms with Gasteiger partial charge in [-0.3, -0.25) is 4.79 Å². The van der Waals surface area contributed by atoms with Crippen molar-refractivity contribution in [3.63, 3.8) is 0 Å². The molecule has 1 aromatic heterocycles. The second kappa shape index (κ2) is 7.89. The highest BCUT2D eigenvalue weighted by Gasteiger charge is 2.14. The van der Waals surface area contributed by atoms with Crippen molar-refractivity contribution in [3.8, 4) is 23.0 Å². The lowest BCUT2D eigenvalue weighted by atomic mass is 10.1. The van der Waals surface area contributed by atoms with Crippen molar-refractivity contribution in [2.45, 2.75) is 11.3 Å². The highest BCUT2D eigenvalue weighted by Crippen LogP contribution is 2.26. The average molecular weight is 362 g/mol. The summed E-state index contributed by atoms with van der Waals surface area (Å²) in [6, 6.07) is 19.5. The van der Waals surface area contributed by atoms with Crippen molar-refractivity contribution >= 4 is 17.7 Å². The third kappa shape index (κ3) is 3.79. The molecule has 1 amide bonds. The van der Waals surface area contributed by atoms with Gasteiger partial charge in [-0.05, 0) is 48.7 Å². The number of likely N-dealkylation sites (N-methyl/N-ethyl adjacent to an activating group) is 1. The van der Waals surface area contributed by atoms with Gasteiger partial charge in [-0.25, -0.2) is 4.68 Å². The number of thioether (sulfide) groups is 1. The number of nitrogens with one attached hydrogen (secondary N) is 1.